The van der Waals surface area contributed by atoms with Crippen LogP contribution < -0.4 is 5.73 Å². The summed E-state index contributed by atoms with van der Waals surface area (Å²) in [6.45, 7) is 1.87. The molecule has 4 aliphatic rings. The number of rotatable bonds is 4. The summed E-state index contributed by atoms with van der Waals surface area (Å²) in [4.78, 5) is 29.4. The van der Waals surface area contributed by atoms with E-state index in [-0.39, 0.29) is 48.2 Å². The second kappa shape index (κ2) is 7.19. The van der Waals surface area contributed by atoms with Crippen molar-refractivity contribution in [1.82, 2.24) is 9.80 Å². The molecule has 7 nitrogen and oxygen atoms in total. The van der Waals surface area contributed by atoms with E-state index in [1.807, 2.05) is 43.3 Å². The number of esters is 2. The van der Waals surface area contributed by atoms with E-state index < -0.39 is 5.54 Å². The Morgan fingerprint density at radius 1 is 1.07 bits per heavy atom. The number of ether oxygens (including phenoxy) is 2. The molecule has 0 amide bonds. The van der Waals surface area contributed by atoms with Crippen molar-refractivity contribution < 1.29 is 19.1 Å². The van der Waals surface area contributed by atoms with Crippen LogP contribution in [0.1, 0.15) is 39.0 Å². The molecule has 1 aliphatic carbocycles. The zero-order valence-electron chi connectivity index (χ0n) is 16.9. The van der Waals surface area contributed by atoms with Gasteiger partial charge in [0.1, 0.15) is 18.2 Å². The fraction of sp³-hybridized carbons (Fsp3) is 0.714. The molecule has 2 saturated heterocycles. The molecule has 5 unspecified atom stereocenters. The largest absolute Gasteiger partial charge is 0.461 e. The third-order valence-corrected chi connectivity index (χ3v) is 6.97. The van der Waals surface area contributed by atoms with Gasteiger partial charge in [-0.1, -0.05) is 18.2 Å². The van der Waals surface area contributed by atoms with Gasteiger partial charge in [0.2, 0.25) is 0 Å². The maximum atomic E-state index is 12.7. The van der Waals surface area contributed by atoms with Crippen molar-refractivity contribution in [2.24, 2.45) is 11.7 Å². The molecule has 0 aromatic carbocycles. The Balaban J connectivity index is 1.35. The lowest BCUT2D eigenvalue weighted by molar-refractivity contribution is -0.161. The van der Waals surface area contributed by atoms with Crippen molar-refractivity contribution in [3.05, 3.63) is 24.4 Å². The normalized spacial score (nSPS) is 42.2. The maximum Gasteiger partial charge on any atom is 0.329 e. The van der Waals surface area contributed by atoms with Crippen molar-refractivity contribution in [3.63, 3.8) is 0 Å². The Kier molecular flexibility index (Phi) is 5.00. The van der Waals surface area contributed by atoms with Gasteiger partial charge in [-0.3, -0.25) is 9.69 Å². The first-order chi connectivity index (χ1) is 13.3. The quantitative estimate of drug-likeness (QED) is 0.571. The van der Waals surface area contributed by atoms with Crippen molar-refractivity contribution in [3.8, 4) is 0 Å². The van der Waals surface area contributed by atoms with E-state index in [1.54, 1.807) is 0 Å². The van der Waals surface area contributed by atoms with Crippen molar-refractivity contribution >= 4 is 11.9 Å². The molecule has 0 aromatic rings. The van der Waals surface area contributed by atoms with E-state index in [0.29, 0.717) is 19.3 Å². The lowest BCUT2D eigenvalue weighted by Gasteiger charge is -2.37. The average molecular weight is 389 g/mol. The third kappa shape index (κ3) is 3.46. The third-order valence-electron chi connectivity index (χ3n) is 6.97. The number of allylic oxidation sites excluding steroid dienone is 1. The molecule has 0 spiro atoms. The minimum atomic E-state index is -0.643. The number of carbonyl (C=O) groups is 2. The highest BCUT2D eigenvalue weighted by Crippen LogP contribution is 2.39. The molecule has 2 fully saturated rings. The minimum Gasteiger partial charge on any atom is -0.461 e. The van der Waals surface area contributed by atoms with Crippen LogP contribution in [0.25, 0.3) is 0 Å². The fourth-order valence-corrected chi connectivity index (χ4v) is 5.14. The van der Waals surface area contributed by atoms with E-state index in [0.717, 1.165) is 12.8 Å². The molecule has 7 heteroatoms. The van der Waals surface area contributed by atoms with Crippen LogP contribution >= 0.6 is 0 Å². The monoisotopic (exact) mass is 389 g/mol. The summed E-state index contributed by atoms with van der Waals surface area (Å²) >= 11 is 0. The predicted octanol–water partition coefficient (Wildman–Crippen LogP) is 1.19. The summed E-state index contributed by atoms with van der Waals surface area (Å²) in [7, 11) is 3.96. The first kappa shape index (κ1) is 19.5. The number of likely N-dealkylation sites (N-methyl/N-ethyl adjacent to an activating group) is 2. The summed E-state index contributed by atoms with van der Waals surface area (Å²) in [5.41, 5.74) is 5.57. The fourth-order valence-electron chi connectivity index (χ4n) is 5.14. The number of hydrogen-bond donors (Lipinski definition) is 1. The SMILES string of the molecule is CN1C=CCC1C(=O)O[C@@H]1CC2C[C@@H](OC(=O)C3CC=CC3(C)N)C(C1)N2C. The Bertz CT molecular complexity index is 704. The van der Waals surface area contributed by atoms with Gasteiger partial charge in [-0.15, -0.1) is 0 Å². The van der Waals surface area contributed by atoms with E-state index in [4.69, 9.17) is 15.2 Å². The maximum absolute atomic E-state index is 12.7. The second-order valence-electron chi connectivity index (χ2n) is 8.99. The van der Waals surface area contributed by atoms with Crippen LogP contribution in [-0.2, 0) is 19.1 Å². The van der Waals surface area contributed by atoms with Crippen molar-refractivity contribution in [2.75, 3.05) is 14.1 Å². The molecule has 2 N–H and O–H groups in total. The Morgan fingerprint density at radius 3 is 2.50 bits per heavy atom. The summed E-state index contributed by atoms with van der Waals surface area (Å²) in [6, 6.07) is 0.126. The first-order valence-corrected chi connectivity index (χ1v) is 10.2. The second-order valence-corrected chi connectivity index (χ2v) is 8.99. The lowest BCUT2D eigenvalue weighted by atomic mass is 9.90. The summed E-state index contributed by atoms with van der Waals surface area (Å²) in [5, 5.41) is 0. The number of carbonyl (C=O) groups excluding carboxylic acids is 2. The highest BCUT2D eigenvalue weighted by molar-refractivity contribution is 5.77. The molecule has 3 aliphatic heterocycles. The highest BCUT2D eigenvalue weighted by atomic mass is 16.6. The smallest absolute Gasteiger partial charge is 0.329 e. The van der Waals surface area contributed by atoms with Crippen LogP contribution in [0.3, 0.4) is 0 Å². The van der Waals surface area contributed by atoms with Gasteiger partial charge in [0.15, 0.2) is 0 Å². The molecule has 0 saturated carbocycles. The molecule has 0 aromatic heterocycles. The van der Waals surface area contributed by atoms with Gasteiger partial charge in [-0.2, -0.15) is 0 Å². The molecule has 7 atom stereocenters. The Morgan fingerprint density at radius 2 is 1.86 bits per heavy atom. The Labute approximate surface area is 166 Å². The number of hydrogen-bond acceptors (Lipinski definition) is 7. The molecule has 3 heterocycles. The zero-order valence-corrected chi connectivity index (χ0v) is 16.9. The van der Waals surface area contributed by atoms with Crippen molar-refractivity contribution in [2.45, 2.75) is 74.9 Å². The lowest BCUT2D eigenvalue weighted by Crippen LogP contribution is -2.48. The number of nitrogens with zero attached hydrogens (tertiary/aromatic N) is 2. The first-order valence-electron chi connectivity index (χ1n) is 10.2. The Hall–Kier alpha value is -1.86. The number of nitrogens with two attached hydrogens (primary N) is 1. The van der Waals surface area contributed by atoms with Crippen LogP contribution in [0.2, 0.25) is 0 Å². The highest BCUT2D eigenvalue weighted by Gasteiger charge is 2.49. The van der Waals surface area contributed by atoms with Crippen LogP contribution in [0.4, 0.5) is 0 Å². The number of fused-ring (bicyclic) bond motifs is 2. The summed E-state index contributed by atoms with van der Waals surface area (Å²) in [5.74, 6) is -0.698. The van der Waals surface area contributed by atoms with Gasteiger partial charge in [0.05, 0.1) is 12.0 Å². The standard InChI is InChI=1S/C21H31N3O4/c1-21(22)8-4-6-15(21)19(25)28-18-11-13-10-14(12-17(18)24(13)3)27-20(26)16-7-5-9-23(16)2/h4-5,8-9,13-18H,6-7,10-12,22H2,1-3H3/t13?,14-,15?,16?,17?,18-,21?/m1/s1. The van der Waals surface area contributed by atoms with Gasteiger partial charge in [0.25, 0.3) is 0 Å². The van der Waals surface area contributed by atoms with Gasteiger partial charge in [-0.25, -0.2) is 4.79 Å². The van der Waals surface area contributed by atoms with Crippen molar-refractivity contribution in [1.29, 1.82) is 0 Å². The van der Waals surface area contributed by atoms with E-state index >= 15 is 0 Å². The van der Waals surface area contributed by atoms with Crippen LogP contribution in [0.15, 0.2) is 24.4 Å². The van der Waals surface area contributed by atoms with Gasteiger partial charge >= 0.3 is 11.9 Å². The molecule has 0 radical (unpaired) electrons. The molecular weight excluding hydrogens is 358 g/mol. The summed E-state index contributed by atoms with van der Waals surface area (Å²) in [6.07, 6.45) is 11.1. The molecule has 154 valence electrons. The van der Waals surface area contributed by atoms with E-state index in [9.17, 15) is 9.59 Å². The summed E-state index contributed by atoms with van der Waals surface area (Å²) < 4.78 is 11.8. The minimum absolute atomic E-state index is 0.0818. The molecule has 28 heavy (non-hydrogen) atoms. The van der Waals surface area contributed by atoms with Gasteiger partial charge in [0, 0.05) is 37.9 Å². The molecule has 4 rings (SSSR count). The molecule has 2 bridgehead atoms. The van der Waals surface area contributed by atoms with Gasteiger partial charge < -0.3 is 20.1 Å². The van der Waals surface area contributed by atoms with Crippen LogP contribution in [-0.4, -0.2) is 71.7 Å². The predicted molar refractivity (Wildman–Crippen MR) is 104 cm³/mol. The topological polar surface area (TPSA) is 85.1 Å². The van der Waals surface area contributed by atoms with E-state index in [2.05, 4.69) is 11.9 Å². The number of piperidine rings is 1. The van der Waals surface area contributed by atoms with Crippen LogP contribution in [0.5, 0.6) is 0 Å². The zero-order chi connectivity index (χ0) is 20.1. The van der Waals surface area contributed by atoms with Gasteiger partial charge in [-0.05, 0) is 33.0 Å². The van der Waals surface area contributed by atoms with Crippen LogP contribution in [0, 0.1) is 5.92 Å². The van der Waals surface area contributed by atoms with E-state index in [1.165, 1.54) is 0 Å². The average Bonchev–Trinajstić information content (AvgIpc) is 3.24. The molecular formula is C21H31N3O4.